The number of hydrogen-bond acceptors (Lipinski definition) is 0. The van der Waals surface area contributed by atoms with E-state index in [1.165, 1.54) is 31.3 Å². The van der Waals surface area contributed by atoms with E-state index in [0.29, 0.717) is 0 Å². The lowest BCUT2D eigenvalue weighted by Crippen LogP contribution is -2.22. The fourth-order valence-corrected chi connectivity index (χ4v) is 2.15. The molecular weight excluding hydrogens is 96.1 g/mol. The molecule has 0 nitrogen and oxygen atoms in total. The van der Waals surface area contributed by atoms with Gasteiger partial charge in [0.05, 0.1) is 0 Å². The maximum atomic E-state index is 4.00. The van der Waals surface area contributed by atoms with Crippen LogP contribution in [-0.4, -0.2) is 0 Å². The predicted molar refractivity (Wildman–Crippen MR) is 34.6 cm³/mol. The van der Waals surface area contributed by atoms with E-state index < -0.39 is 0 Å². The molecule has 0 heteroatoms. The summed E-state index contributed by atoms with van der Waals surface area (Å²) >= 11 is 0. The van der Waals surface area contributed by atoms with Crippen LogP contribution in [0.4, 0.5) is 0 Å². The van der Waals surface area contributed by atoms with Crippen LogP contribution in [0.1, 0.15) is 25.7 Å². The third-order valence-corrected chi connectivity index (χ3v) is 2.71. The molecule has 0 aromatic carbocycles. The van der Waals surface area contributed by atoms with Gasteiger partial charge in [-0.2, -0.15) is 0 Å². The Kier molecular flexibility index (Phi) is 0.787. The lowest BCUT2D eigenvalue weighted by Gasteiger charge is -2.33. The summed E-state index contributed by atoms with van der Waals surface area (Å²) in [4.78, 5) is 0. The molecule has 8 heavy (non-hydrogen) atoms. The van der Waals surface area contributed by atoms with Crippen molar-refractivity contribution in [3.63, 3.8) is 0 Å². The van der Waals surface area contributed by atoms with Crippen molar-refractivity contribution in [2.75, 3.05) is 0 Å². The molecule has 0 spiro atoms. The molecule has 2 atom stereocenters. The molecule has 0 saturated heterocycles. The quantitative estimate of drug-likeness (QED) is 0.418. The second kappa shape index (κ2) is 1.37. The number of rotatable bonds is 0. The third-order valence-electron chi connectivity index (χ3n) is 2.71. The van der Waals surface area contributed by atoms with Crippen LogP contribution in [0.3, 0.4) is 0 Å². The van der Waals surface area contributed by atoms with Crippen molar-refractivity contribution in [2.24, 2.45) is 11.8 Å². The average molecular weight is 108 g/mol. The fourth-order valence-electron chi connectivity index (χ4n) is 2.15. The van der Waals surface area contributed by atoms with Crippen LogP contribution in [-0.2, 0) is 0 Å². The molecule has 0 amide bonds. The van der Waals surface area contributed by atoms with Gasteiger partial charge in [0.1, 0.15) is 0 Å². The Bertz CT molecular complexity index is 124. The molecule has 44 valence electrons. The minimum absolute atomic E-state index is 0.968. The Balaban J connectivity index is 2.11. The Morgan fingerprint density at radius 3 is 2.75 bits per heavy atom. The summed E-state index contributed by atoms with van der Waals surface area (Å²) in [6.45, 7) is 4.00. The normalized spacial score (nSPS) is 43.8. The smallest absolute Gasteiger partial charge is 0.0174 e. The highest BCUT2D eigenvalue weighted by Crippen LogP contribution is 2.49. The molecule has 2 aliphatic carbocycles. The van der Waals surface area contributed by atoms with E-state index in [0.717, 1.165) is 11.8 Å². The molecule has 0 aromatic rings. The van der Waals surface area contributed by atoms with Crippen LogP contribution < -0.4 is 0 Å². The van der Waals surface area contributed by atoms with E-state index >= 15 is 0 Å². The van der Waals surface area contributed by atoms with E-state index in [4.69, 9.17) is 0 Å². The first-order valence-corrected chi connectivity index (χ1v) is 3.55. The minimum atomic E-state index is 0.968. The van der Waals surface area contributed by atoms with E-state index in [1.54, 1.807) is 0 Å². The summed E-state index contributed by atoms with van der Waals surface area (Å²) in [6.07, 6.45) is 5.76. The Morgan fingerprint density at radius 2 is 2.25 bits per heavy atom. The van der Waals surface area contributed by atoms with Crippen molar-refractivity contribution in [3.05, 3.63) is 12.2 Å². The number of hydrogen-bond donors (Lipinski definition) is 0. The Labute approximate surface area is 50.6 Å². The summed E-state index contributed by atoms with van der Waals surface area (Å²) < 4.78 is 0. The number of fused-ring (bicyclic) bond motifs is 1. The molecule has 0 bridgehead atoms. The van der Waals surface area contributed by atoms with Crippen LogP contribution in [0.2, 0.25) is 0 Å². The van der Waals surface area contributed by atoms with Gasteiger partial charge in [-0.1, -0.05) is 18.6 Å². The standard InChI is InChI=1S/C8H12/c1-6-5-7-3-2-4-8(6)7/h7-8H,1-5H2. The zero-order valence-electron chi connectivity index (χ0n) is 5.19. The van der Waals surface area contributed by atoms with Crippen LogP contribution in [0, 0.1) is 11.8 Å². The van der Waals surface area contributed by atoms with Crippen LogP contribution >= 0.6 is 0 Å². The first-order valence-electron chi connectivity index (χ1n) is 3.55. The molecule has 2 fully saturated rings. The fraction of sp³-hybridized carbons (Fsp3) is 0.750. The maximum absolute atomic E-state index is 4.00. The largest absolute Gasteiger partial charge is 0.0996 e. The molecule has 2 rings (SSSR count). The molecule has 2 unspecified atom stereocenters. The zero-order valence-corrected chi connectivity index (χ0v) is 5.19. The molecule has 0 radical (unpaired) electrons. The lowest BCUT2D eigenvalue weighted by molar-refractivity contribution is 0.328. The van der Waals surface area contributed by atoms with Gasteiger partial charge in [-0.05, 0) is 31.1 Å². The summed E-state index contributed by atoms with van der Waals surface area (Å²) in [5.74, 6) is 2.04. The topological polar surface area (TPSA) is 0 Å². The maximum Gasteiger partial charge on any atom is -0.0174 e. The van der Waals surface area contributed by atoms with Gasteiger partial charge in [0.2, 0.25) is 0 Å². The van der Waals surface area contributed by atoms with Gasteiger partial charge < -0.3 is 0 Å². The molecule has 0 N–H and O–H groups in total. The van der Waals surface area contributed by atoms with Gasteiger partial charge >= 0.3 is 0 Å². The van der Waals surface area contributed by atoms with Gasteiger partial charge in [0, 0.05) is 0 Å². The highest BCUT2D eigenvalue weighted by molar-refractivity contribution is 5.16. The van der Waals surface area contributed by atoms with Crippen molar-refractivity contribution in [1.82, 2.24) is 0 Å². The summed E-state index contributed by atoms with van der Waals surface area (Å²) in [5, 5.41) is 0. The van der Waals surface area contributed by atoms with Crippen molar-refractivity contribution < 1.29 is 0 Å². The molecule has 0 heterocycles. The van der Waals surface area contributed by atoms with Crippen LogP contribution in [0.5, 0.6) is 0 Å². The second-order valence-corrected chi connectivity index (χ2v) is 3.16. The first-order chi connectivity index (χ1) is 3.88. The van der Waals surface area contributed by atoms with E-state index in [2.05, 4.69) is 6.58 Å². The predicted octanol–water partition coefficient (Wildman–Crippen LogP) is 2.36. The Hall–Kier alpha value is -0.260. The monoisotopic (exact) mass is 108 g/mol. The summed E-state index contributed by atoms with van der Waals surface area (Å²) in [5.41, 5.74) is 1.53. The van der Waals surface area contributed by atoms with Crippen molar-refractivity contribution >= 4 is 0 Å². The van der Waals surface area contributed by atoms with Crippen LogP contribution in [0.15, 0.2) is 12.2 Å². The highest BCUT2D eigenvalue weighted by atomic mass is 14.4. The second-order valence-electron chi connectivity index (χ2n) is 3.16. The molecule has 2 aliphatic rings. The molecule has 0 aromatic heterocycles. The highest BCUT2D eigenvalue weighted by Gasteiger charge is 2.37. The van der Waals surface area contributed by atoms with Gasteiger partial charge in [-0.3, -0.25) is 0 Å². The first kappa shape index (κ1) is 4.60. The average Bonchev–Trinajstić information content (AvgIpc) is 2.09. The molecule has 0 aliphatic heterocycles. The van der Waals surface area contributed by atoms with Crippen molar-refractivity contribution in [1.29, 1.82) is 0 Å². The SMILES string of the molecule is C=C1CC2CCCC12. The Morgan fingerprint density at radius 1 is 1.38 bits per heavy atom. The van der Waals surface area contributed by atoms with Gasteiger partial charge in [-0.15, -0.1) is 0 Å². The lowest BCUT2D eigenvalue weighted by atomic mass is 9.72. The molecule has 2 saturated carbocycles. The number of allylic oxidation sites excluding steroid dienone is 1. The zero-order chi connectivity index (χ0) is 5.56. The van der Waals surface area contributed by atoms with E-state index in [1.807, 2.05) is 0 Å². The van der Waals surface area contributed by atoms with E-state index in [-0.39, 0.29) is 0 Å². The van der Waals surface area contributed by atoms with Crippen molar-refractivity contribution in [2.45, 2.75) is 25.7 Å². The minimum Gasteiger partial charge on any atom is -0.0996 e. The summed E-state index contributed by atoms with van der Waals surface area (Å²) in [7, 11) is 0. The van der Waals surface area contributed by atoms with Gasteiger partial charge in [-0.25, -0.2) is 0 Å². The van der Waals surface area contributed by atoms with Crippen molar-refractivity contribution in [3.8, 4) is 0 Å². The van der Waals surface area contributed by atoms with Gasteiger partial charge in [0.15, 0.2) is 0 Å². The van der Waals surface area contributed by atoms with E-state index in [9.17, 15) is 0 Å². The summed E-state index contributed by atoms with van der Waals surface area (Å²) in [6, 6.07) is 0. The van der Waals surface area contributed by atoms with Gasteiger partial charge in [0.25, 0.3) is 0 Å². The molecular formula is C8H12. The van der Waals surface area contributed by atoms with Crippen LogP contribution in [0.25, 0.3) is 0 Å². The third kappa shape index (κ3) is 0.410.